The minimum absolute atomic E-state index is 0.116. The van der Waals surface area contributed by atoms with Crippen molar-refractivity contribution in [2.75, 3.05) is 18.0 Å². The molecule has 0 aromatic carbocycles. The number of rotatable bonds is 4. The SMILES string of the molecule is C[C@@H](NC(=O)C1CCN(c2ccc(C#N)cn2)CC1)[C@H]1C[C@H]2CC[C@H]1C2. The van der Waals surface area contributed by atoms with E-state index >= 15 is 0 Å². The predicted octanol–water partition coefficient (Wildman–Crippen LogP) is 3.11. The molecule has 1 aromatic rings. The first-order valence-corrected chi connectivity index (χ1v) is 10.1. The van der Waals surface area contributed by atoms with Crippen molar-refractivity contribution in [3.05, 3.63) is 23.9 Å². The summed E-state index contributed by atoms with van der Waals surface area (Å²) in [6.07, 6.45) is 8.84. The van der Waals surface area contributed by atoms with Crippen LogP contribution in [0.1, 0.15) is 51.0 Å². The first-order chi connectivity index (χ1) is 12.6. The number of hydrogen-bond acceptors (Lipinski definition) is 4. The Balaban J connectivity index is 1.27. The second kappa shape index (κ2) is 7.26. The summed E-state index contributed by atoms with van der Waals surface area (Å²) in [6, 6.07) is 6.11. The Morgan fingerprint density at radius 2 is 2.08 bits per heavy atom. The van der Waals surface area contributed by atoms with Gasteiger partial charge in [-0.1, -0.05) is 6.42 Å². The fraction of sp³-hybridized carbons (Fsp3) is 0.667. The average molecular weight is 352 g/mol. The monoisotopic (exact) mass is 352 g/mol. The lowest BCUT2D eigenvalue weighted by Gasteiger charge is -2.34. The van der Waals surface area contributed by atoms with Crippen LogP contribution >= 0.6 is 0 Å². The first-order valence-electron chi connectivity index (χ1n) is 10.1. The number of piperidine rings is 1. The topological polar surface area (TPSA) is 69.0 Å². The molecule has 1 saturated heterocycles. The molecule has 4 rings (SSSR count). The summed E-state index contributed by atoms with van der Waals surface area (Å²) in [5.74, 6) is 3.73. The summed E-state index contributed by atoms with van der Waals surface area (Å²) >= 11 is 0. The molecule has 0 spiro atoms. The Kier molecular flexibility index (Phi) is 4.84. The van der Waals surface area contributed by atoms with Crippen LogP contribution in [-0.2, 0) is 4.79 Å². The molecular weight excluding hydrogens is 324 g/mol. The Morgan fingerprint density at radius 1 is 1.27 bits per heavy atom. The van der Waals surface area contributed by atoms with E-state index < -0.39 is 0 Å². The van der Waals surface area contributed by atoms with Gasteiger partial charge in [0.1, 0.15) is 11.9 Å². The highest BCUT2D eigenvalue weighted by Gasteiger charge is 2.42. The summed E-state index contributed by atoms with van der Waals surface area (Å²) in [7, 11) is 0. The van der Waals surface area contributed by atoms with Crippen LogP contribution in [0.15, 0.2) is 18.3 Å². The van der Waals surface area contributed by atoms with Crippen molar-refractivity contribution in [2.24, 2.45) is 23.7 Å². The number of nitrogens with zero attached hydrogens (tertiary/aromatic N) is 3. The maximum Gasteiger partial charge on any atom is 0.223 e. The third kappa shape index (κ3) is 3.42. The zero-order valence-corrected chi connectivity index (χ0v) is 15.5. The molecule has 0 radical (unpaired) electrons. The summed E-state index contributed by atoms with van der Waals surface area (Å²) in [5.41, 5.74) is 0.581. The minimum atomic E-state index is 0.116. The number of nitriles is 1. The lowest BCUT2D eigenvalue weighted by molar-refractivity contribution is -0.126. The van der Waals surface area contributed by atoms with Gasteiger partial charge in [0.15, 0.2) is 0 Å². The Morgan fingerprint density at radius 3 is 2.65 bits per heavy atom. The van der Waals surface area contributed by atoms with Crippen LogP contribution in [0.4, 0.5) is 5.82 Å². The molecule has 5 heteroatoms. The van der Waals surface area contributed by atoms with Gasteiger partial charge in [-0.15, -0.1) is 0 Å². The molecule has 3 aliphatic rings. The quantitative estimate of drug-likeness (QED) is 0.904. The Hall–Kier alpha value is -2.09. The zero-order chi connectivity index (χ0) is 18.1. The van der Waals surface area contributed by atoms with Crippen molar-refractivity contribution in [1.29, 1.82) is 5.26 Å². The molecule has 5 nitrogen and oxygen atoms in total. The van der Waals surface area contributed by atoms with Crippen molar-refractivity contribution >= 4 is 11.7 Å². The van der Waals surface area contributed by atoms with E-state index in [0.29, 0.717) is 17.5 Å². The van der Waals surface area contributed by atoms with Crippen molar-refractivity contribution in [3.63, 3.8) is 0 Å². The lowest BCUT2D eigenvalue weighted by atomic mass is 9.83. The van der Waals surface area contributed by atoms with Crippen LogP contribution in [0.25, 0.3) is 0 Å². The van der Waals surface area contributed by atoms with Gasteiger partial charge in [0.2, 0.25) is 5.91 Å². The van der Waals surface area contributed by atoms with Gasteiger partial charge in [0.05, 0.1) is 5.56 Å². The number of carbonyl (C=O) groups is 1. The number of nitrogens with one attached hydrogen (secondary N) is 1. The Labute approximate surface area is 155 Å². The van der Waals surface area contributed by atoms with Crippen LogP contribution in [0.5, 0.6) is 0 Å². The van der Waals surface area contributed by atoms with Gasteiger partial charge in [-0.3, -0.25) is 4.79 Å². The first kappa shape index (κ1) is 17.3. The molecule has 3 fully saturated rings. The molecule has 0 unspecified atom stereocenters. The smallest absolute Gasteiger partial charge is 0.223 e. The van der Waals surface area contributed by atoms with Gasteiger partial charge < -0.3 is 10.2 Å². The highest BCUT2D eigenvalue weighted by molar-refractivity contribution is 5.79. The van der Waals surface area contributed by atoms with E-state index in [1.807, 2.05) is 6.07 Å². The number of hydrogen-bond donors (Lipinski definition) is 1. The standard InChI is InChI=1S/C21H28N4O/c1-14(19-11-15-2-4-18(19)10-15)24-21(26)17-6-8-25(9-7-17)20-5-3-16(12-22)13-23-20/h3,5,13-15,17-19H,2,4,6-11H2,1H3,(H,24,26)/t14-,15+,18+,19-/m1/s1. The highest BCUT2D eigenvalue weighted by Crippen LogP contribution is 2.49. The van der Waals surface area contributed by atoms with E-state index in [1.165, 1.54) is 25.7 Å². The van der Waals surface area contributed by atoms with Gasteiger partial charge in [0.25, 0.3) is 0 Å². The van der Waals surface area contributed by atoms with Crippen molar-refractivity contribution in [2.45, 2.75) is 51.5 Å². The normalized spacial score (nSPS) is 29.4. The fourth-order valence-corrected chi connectivity index (χ4v) is 5.37. The van der Waals surface area contributed by atoms with E-state index in [2.05, 4.69) is 28.2 Å². The molecule has 4 atom stereocenters. The molecular formula is C21H28N4O. The molecule has 1 N–H and O–H groups in total. The fourth-order valence-electron chi connectivity index (χ4n) is 5.37. The molecule has 138 valence electrons. The number of amides is 1. The van der Waals surface area contributed by atoms with E-state index in [4.69, 9.17) is 5.26 Å². The molecule has 1 aromatic heterocycles. The third-order valence-corrected chi connectivity index (χ3v) is 6.87. The van der Waals surface area contributed by atoms with Crippen LogP contribution < -0.4 is 10.2 Å². The van der Waals surface area contributed by atoms with Crippen molar-refractivity contribution in [1.82, 2.24) is 10.3 Å². The van der Waals surface area contributed by atoms with Gasteiger partial charge in [-0.25, -0.2) is 4.98 Å². The van der Waals surface area contributed by atoms with Crippen molar-refractivity contribution in [3.8, 4) is 6.07 Å². The number of aromatic nitrogens is 1. The van der Waals surface area contributed by atoms with Gasteiger partial charge in [-0.2, -0.15) is 5.26 Å². The average Bonchev–Trinajstić information content (AvgIpc) is 3.32. The molecule has 2 bridgehead atoms. The molecule has 26 heavy (non-hydrogen) atoms. The zero-order valence-electron chi connectivity index (χ0n) is 15.5. The van der Waals surface area contributed by atoms with Crippen LogP contribution in [0.3, 0.4) is 0 Å². The minimum Gasteiger partial charge on any atom is -0.357 e. The number of carbonyl (C=O) groups excluding carboxylic acids is 1. The second-order valence-corrected chi connectivity index (χ2v) is 8.41. The van der Waals surface area contributed by atoms with Crippen molar-refractivity contribution < 1.29 is 4.79 Å². The lowest BCUT2D eigenvalue weighted by Crippen LogP contribution is -2.46. The largest absolute Gasteiger partial charge is 0.357 e. The van der Waals surface area contributed by atoms with E-state index in [0.717, 1.165) is 43.6 Å². The van der Waals surface area contributed by atoms with Gasteiger partial charge in [0, 0.05) is 31.2 Å². The highest BCUT2D eigenvalue weighted by atomic mass is 16.1. The third-order valence-electron chi connectivity index (χ3n) is 6.87. The van der Waals surface area contributed by atoms with Crippen LogP contribution in [0, 0.1) is 35.0 Å². The summed E-state index contributed by atoms with van der Waals surface area (Å²) in [5, 5.41) is 12.2. The Bertz CT molecular complexity index is 687. The van der Waals surface area contributed by atoms with Crippen LogP contribution in [-0.4, -0.2) is 30.0 Å². The van der Waals surface area contributed by atoms with Crippen LogP contribution in [0.2, 0.25) is 0 Å². The summed E-state index contributed by atoms with van der Waals surface area (Å²) < 4.78 is 0. The van der Waals surface area contributed by atoms with Gasteiger partial charge in [-0.05, 0) is 68.9 Å². The molecule has 2 aliphatic carbocycles. The van der Waals surface area contributed by atoms with Gasteiger partial charge >= 0.3 is 0 Å². The van der Waals surface area contributed by atoms with E-state index in [9.17, 15) is 4.79 Å². The molecule has 2 saturated carbocycles. The molecule has 1 aliphatic heterocycles. The van der Waals surface area contributed by atoms with E-state index in [-0.39, 0.29) is 11.8 Å². The summed E-state index contributed by atoms with van der Waals surface area (Å²) in [4.78, 5) is 19.3. The maximum atomic E-state index is 12.7. The number of pyridine rings is 1. The second-order valence-electron chi connectivity index (χ2n) is 8.41. The van der Waals surface area contributed by atoms with E-state index in [1.54, 1.807) is 12.3 Å². The molecule has 1 amide bonds. The number of fused-ring (bicyclic) bond motifs is 2. The summed E-state index contributed by atoms with van der Waals surface area (Å²) in [6.45, 7) is 3.90. The predicted molar refractivity (Wildman–Crippen MR) is 100 cm³/mol. The maximum absolute atomic E-state index is 12.7. The number of anilines is 1. The molecule has 2 heterocycles.